The highest BCUT2D eigenvalue weighted by Gasteiger charge is 2.35. The molecular weight excluding hydrogens is 409 g/mol. The Morgan fingerprint density at radius 1 is 1.14 bits per heavy atom. The summed E-state index contributed by atoms with van der Waals surface area (Å²) < 4.78 is 45.7. The zero-order valence-corrected chi connectivity index (χ0v) is 15.5. The van der Waals surface area contributed by atoms with Gasteiger partial charge in [0.05, 0.1) is 10.4 Å². The van der Waals surface area contributed by atoms with E-state index >= 15 is 0 Å². The molecule has 0 atom stereocenters. The fourth-order valence-corrected chi connectivity index (χ4v) is 3.76. The number of fused-ring (bicyclic) bond motifs is 1. The maximum absolute atomic E-state index is 13.0. The van der Waals surface area contributed by atoms with Crippen LogP contribution in [0.4, 0.5) is 13.2 Å². The summed E-state index contributed by atoms with van der Waals surface area (Å²) in [4.78, 5) is 24.8. The largest absolute Gasteiger partial charge is 0.618 e. The van der Waals surface area contributed by atoms with Crippen LogP contribution < -0.4 is 16.0 Å². The number of hydrogen-bond acceptors (Lipinski definition) is 5. The van der Waals surface area contributed by atoms with Crippen molar-refractivity contribution in [3.05, 3.63) is 80.4 Å². The van der Waals surface area contributed by atoms with Crippen LogP contribution in [0.5, 0.6) is 0 Å². The van der Waals surface area contributed by atoms with Crippen molar-refractivity contribution in [1.29, 1.82) is 0 Å². The van der Waals surface area contributed by atoms with E-state index in [-0.39, 0.29) is 11.4 Å². The quantitative estimate of drug-likeness (QED) is 0.368. The third-order valence-electron chi connectivity index (χ3n) is 4.39. The topological polar surface area (TPSA) is 83.8 Å². The number of nitrogens with zero attached hydrogens (tertiary/aromatic N) is 4. The Hall–Kier alpha value is -3.47. The monoisotopic (exact) mass is 420 g/mol. The van der Waals surface area contributed by atoms with Crippen LogP contribution in [-0.2, 0) is 13.2 Å². The molecule has 11 heteroatoms. The molecule has 0 saturated carbocycles. The van der Waals surface area contributed by atoms with Crippen LogP contribution in [0, 0.1) is 5.21 Å². The van der Waals surface area contributed by atoms with E-state index in [0.29, 0.717) is 35.7 Å². The lowest BCUT2D eigenvalue weighted by atomic mass is 10.1. The fraction of sp³-hybridized carbons (Fsp3) is 0.111. The van der Waals surface area contributed by atoms with Gasteiger partial charge in [-0.2, -0.15) is 22.3 Å². The molecule has 0 unspecified atom stereocenters. The van der Waals surface area contributed by atoms with Crippen molar-refractivity contribution >= 4 is 21.6 Å². The lowest BCUT2D eigenvalue weighted by molar-refractivity contribution is -0.593. The van der Waals surface area contributed by atoms with Crippen molar-refractivity contribution < 1.29 is 17.9 Å². The van der Waals surface area contributed by atoms with Crippen LogP contribution in [0.1, 0.15) is 5.69 Å². The van der Waals surface area contributed by atoms with Gasteiger partial charge in [0.25, 0.3) is 5.56 Å². The van der Waals surface area contributed by atoms with Crippen LogP contribution in [0.15, 0.2) is 58.3 Å². The summed E-state index contributed by atoms with van der Waals surface area (Å²) in [7, 11) is 0.946. The van der Waals surface area contributed by atoms with E-state index in [1.807, 2.05) is 0 Å². The van der Waals surface area contributed by atoms with Crippen LogP contribution in [0.3, 0.4) is 0 Å². The fourth-order valence-electron chi connectivity index (χ4n) is 3.00. The molecule has 148 valence electrons. The molecular formula is C18H11F3N4O3S. The number of benzene rings is 1. The summed E-state index contributed by atoms with van der Waals surface area (Å²) in [5.74, 6) is 0. The number of aromatic nitrogens is 4. The van der Waals surface area contributed by atoms with Gasteiger partial charge in [-0.15, -0.1) is 0 Å². The molecule has 7 nitrogen and oxygen atoms in total. The Bertz CT molecular complexity index is 1370. The van der Waals surface area contributed by atoms with Gasteiger partial charge in [0, 0.05) is 30.6 Å². The highest BCUT2D eigenvalue weighted by molar-refractivity contribution is 7.13. The van der Waals surface area contributed by atoms with Gasteiger partial charge in [0.15, 0.2) is 11.9 Å². The predicted molar refractivity (Wildman–Crippen MR) is 99.9 cm³/mol. The summed E-state index contributed by atoms with van der Waals surface area (Å²) in [6, 6.07) is 9.65. The standard InChI is InChI=1S/C18H11F3N4O3S/c1-23-14(18(19,20)21)9-15(26)25(17(23)27)10-5-6-13-11(8-10)16(22-29-13)12-4-2-3-7-24(12)28/h2-9H,1H3. The zero-order valence-electron chi connectivity index (χ0n) is 14.7. The lowest BCUT2D eigenvalue weighted by Crippen LogP contribution is -2.40. The second kappa shape index (κ2) is 6.55. The first kappa shape index (κ1) is 18.9. The molecule has 29 heavy (non-hydrogen) atoms. The van der Waals surface area contributed by atoms with Gasteiger partial charge in [-0.1, -0.05) is 0 Å². The highest BCUT2D eigenvalue weighted by Crippen LogP contribution is 2.31. The summed E-state index contributed by atoms with van der Waals surface area (Å²) >= 11 is 1.12. The Labute approximate surface area is 164 Å². The van der Waals surface area contributed by atoms with Gasteiger partial charge >= 0.3 is 11.9 Å². The molecule has 4 rings (SSSR count). The Morgan fingerprint density at radius 2 is 1.90 bits per heavy atom. The zero-order chi connectivity index (χ0) is 20.9. The number of rotatable bonds is 2. The molecule has 0 saturated heterocycles. The molecule has 1 aromatic carbocycles. The molecule has 0 radical (unpaired) electrons. The first-order chi connectivity index (χ1) is 13.7. The van der Waals surface area contributed by atoms with Crippen molar-refractivity contribution in [2.24, 2.45) is 7.05 Å². The van der Waals surface area contributed by atoms with E-state index in [9.17, 15) is 28.0 Å². The van der Waals surface area contributed by atoms with E-state index in [4.69, 9.17) is 0 Å². The van der Waals surface area contributed by atoms with Gasteiger partial charge in [0.1, 0.15) is 5.69 Å². The van der Waals surface area contributed by atoms with Crippen LogP contribution in [0.2, 0.25) is 0 Å². The Kier molecular flexibility index (Phi) is 4.26. The first-order valence-corrected chi connectivity index (χ1v) is 8.94. The van der Waals surface area contributed by atoms with E-state index in [2.05, 4.69) is 4.37 Å². The summed E-state index contributed by atoms with van der Waals surface area (Å²) in [5, 5.41) is 12.6. The summed E-state index contributed by atoms with van der Waals surface area (Å²) in [6.45, 7) is 0. The van der Waals surface area contributed by atoms with Crippen molar-refractivity contribution in [2.75, 3.05) is 0 Å². The van der Waals surface area contributed by atoms with E-state index in [0.717, 1.165) is 18.6 Å². The Morgan fingerprint density at radius 3 is 2.59 bits per heavy atom. The molecule has 0 fully saturated rings. The number of pyridine rings is 1. The normalized spacial score (nSPS) is 11.9. The van der Waals surface area contributed by atoms with Crippen molar-refractivity contribution in [3.8, 4) is 17.1 Å². The highest BCUT2D eigenvalue weighted by atomic mass is 32.1. The second-order valence-electron chi connectivity index (χ2n) is 6.17. The average molecular weight is 420 g/mol. The molecule has 0 amide bonds. The van der Waals surface area contributed by atoms with Gasteiger partial charge in [-0.05, 0) is 35.8 Å². The molecule has 3 aromatic heterocycles. The van der Waals surface area contributed by atoms with E-state index < -0.39 is 23.1 Å². The van der Waals surface area contributed by atoms with Gasteiger partial charge in [0.2, 0.25) is 5.69 Å². The minimum absolute atomic E-state index is 0.0756. The number of alkyl halides is 3. The molecule has 0 aliphatic rings. The minimum atomic E-state index is -4.84. The molecule has 0 bridgehead atoms. The lowest BCUT2D eigenvalue weighted by Gasteiger charge is -2.14. The van der Waals surface area contributed by atoms with Gasteiger partial charge < -0.3 is 5.21 Å². The maximum atomic E-state index is 13.0. The Balaban J connectivity index is 1.96. The second-order valence-corrected chi connectivity index (χ2v) is 6.97. The number of halogens is 3. The number of hydrogen-bond donors (Lipinski definition) is 0. The maximum Gasteiger partial charge on any atom is 0.431 e. The molecule has 3 heterocycles. The van der Waals surface area contributed by atoms with Crippen molar-refractivity contribution in [2.45, 2.75) is 6.18 Å². The van der Waals surface area contributed by atoms with Gasteiger partial charge in [-0.3, -0.25) is 9.36 Å². The van der Waals surface area contributed by atoms with Crippen molar-refractivity contribution in [3.63, 3.8) is 0 Å². The predicted octanol–water partition coefficient (Wildman–Crippen LogP) is 2.47. The molecule has 0 N–H and O–H groups in total. The molecule has 0 aliphatic heterocycles. The minimum Gasteiger partial charge on any atom is -0.618 e. The summed E-state index contributed by atoms with van der Waals surface area (Å²) in [6.07, 6.45) is -3.53. The summed E-state index contributed by atoms with van der Waals surface area (Å²) in [5.41, 5.74) is -2.88. The third-order valence-corrected chi connectivity index (χ3v) is 5.22. The molecule has 0 spiro atoms. The first-order valence-electron chi connectivity index (χ1n) is 8.17. The van der Waals surface area contributed by atoms with Gasteiger partial charge in [-0.25, -0.2) is 9.36 Å². The van der Waals surface area contributed by atoms with E-state index in [1.165, 1.54) is 18.3 Å². The van der Waals surface area contributed by atoms with E-state index in [1.54, 1.807) is 24.3 Å². The van der Waals surface area contributed by atoms with Crippen LogP contribution >= 0.6 is 11.5 Å². The molecule has 4 aromatic rings. The van der Waals surface area contributed by atoms with Crippen LogP contribution in [0.25, 0.3) is 27.2 Å². The smallest absolute Gasteiger partial charge is 0.431 e. The van der Waals surface area contributed by atoms with Crippen molar-refractivity contribution in [1.82, 2.24) is 13.5 Å². The van der Waals surface area contributed by atoms with Crippen LogP contribution in [-0.4, -0.2) is 13.5 Å². The SMILES string of the molecule is Cn1c(C(F)(F)F)cc(=O)n(-c2ccc3snc(-c4cccc[n+]4[O-])c3c2)c1=O. The average Bonchev–Trinajstić information content (AvgIpc) is 3.07. The molecule has 0 aliphatic carbocycles. The third kappa shape index (κ3) is 3.09.